The number of hydrogen-bond acceptors (Lipinski definition) is 12. The molecule has 0 spiro atoms. The standard InChI is InChI=1S/C62H111N11O12/c1-25-27-28-40(15)52(75)51-56(79)65-43(26-2)58(81)67(18)33-48(74)68(19)44(29-34(3)4)55(78)66-49(38(11)12)61(84)69(20)45(30-35(5)6)54(77)63-41(16)53(76)64-42(17)57(80)70(21)46(31-36(7)8)59(82)71(22)47(32-37(9)10)60(83)72(23)50(39(13)14)62(85)73(51)24/h25,27,34-47,49-52,75H,26,28-33H2,1-24H3,(H,63,77)(H,64,76)(H,65,79)(H,66,78)/b27-25+/t40-,41+,42-,43+,44-,45-,46+,47-,49+,50+,51+,52-/m1/s1. The van der Waals surface area contributed by atoms with Gasteiger partial charge in [-0.1, -0.05) is 109 Å². The quantitative estimate of drug-likeness (QED) is 0.148. The second-order valence-electron chi connectivity index (χ2n) is 26.1. The zero-order valence-electron chi connectivity index (χ0n) is 56.1. The molecule has 1 rings (SSSR count). The fraction of sp³-hybridized carbons (Fsp3) is 0.790. The first kappa shape index (κ1) is 76.9. The molecule has 23 heteroatoms. The molecule has 1 fully saturated rings. The Morgan fingerprint density at radius 2 is 0.871 bits per heavy atom. The summed E-state index contributed by atoms with van der Waals surface area (Å²) in [6, 6.07) is -12.3. The van der Waals surface area contributed by atoms with Gasteiger partial charge in [0.05, 0.1) is 12.6 Å². The van der Waals surface area contributed by atoms with Gasteiger partial charge < -0.3 is 60.7 Å². The largest absolute Gasteiger partial charge is 0.390 e. The van der Waals surface area contributed by atoms with Crippen LogP contribution in [-0.2, 0) is 52.7 Å². The third kappa shape index (κ3) is 21.7. The number of allylic oxidation sites excluding steroid dienone is 2. The van der Waals surface area contributed by atoms with Crippen LogP contribution < -0.4 is 21.3 Å². The van der Waals surface area contributed by atoms with Crippen molar-refractivity contribution in [3.8, 4) is 0 Å². The summed E-state index contributed by atoms with van der Waals surface area (Å²) in [5.74, 6) is -9.71. The number of aliphatic hydroxyl groups is 1. The molecule has 0 unspecified atom stereocenters. The molecule has 0 aliphatic carbocycles. The molecule has 1 heterocycles. The SMILES string of the molecule is C/C=C/C[C@@H](C)[C@@H](O)[C@H]1C(=O)N[C@@H](CC)C(=O)N(C)CC(=O)N(C)[C@H](CC(C)C)C(=O)N[C@@H](C(C)C)C(=O)N(C)[C@H](CC(C)C)C(=O)N[C@@H](C)C(=O)N[C@H](C)C(=O)N(C)[C@@H](CC(C)C)C(=O)N(C)[C@H](CC(C)C)C(=O)N(C)[C@@H](C(C)C)C(=O)N1C. The van der Waals surface area contributed by atoms with Crippen LogP contribution in [0.15, 0.2) is 12.2 Å². The number of carbonyl (C=O) groups is 11. The third-order valence-corrected chi connectivity index (χ3v) is 16.1. The average molecular weight is 1200 g/mol. The normalized spacial score (nSPS) is 26.9. The summed E-state index contributed by atoms with van der Waals surface area (Å²) in [7, 11) is 9.92. The zero-order chi connectivity index (χ0) is 66.0. The Hall–Kier alpha value is -6.13. The van der Waals surface area contributed by atoms with Crippen LogP contribution in [0.2, 0.25) is 0 Å². The van der Waals surface area contributed by atoms with E-state index < -0.39 is 156 Å². The van der Waals surface area contributed by atoms with Gasteiger partial charge in [-0.15, -0.1) is 0 Å². The summed E-state index contributed by atoms with van der Waals surface area (Å²) in [6.45, 7) is 29.3. The number of carbonyl (C=O) groups excluding carboxylic acids is 11. The lowest BCUT2D eigenvalue weighted by molar-refractivity contribution is -0.157. The summed E-state index contributed by atoms with van der Waals surface area (Å²) in [5.41, 5.74) is 0. The number of likely N-dealkylation sites (N-methyl/N-ethyl adjacent to an activating group) is 7. The summed E-state index contributed by atoms with van der Waals surface area (Å²) >= 11 is 0. The van der Waals surface area contributed by atoms with Gasteiger partial charge in [0.2, 0.25) is 65.0 Å². The van der Waals surface area contributed by atoms with Gasteiger partial charge in [-0.25, -0.2) is 0 Å². The Kier molecular flexibility index (Phi) is 31.5. The first-order valence-corrected chi connectivity index (χ1v) is 30.6. The van der Waals surface area contributed by atoms with Crippen LogP contribution in [0.5, 0.6) is 0 Å². The lowest BCUT2D eigenvalue weighted by Gasteiger charge is -2.41. The molecule has 0 radical (unpaired) electrons. The van der Waals surface area contributed by atoms with Crippen molar-refractivity contribution in [2.45, 2.75) is 223 Å². The maximum atomic E-state index is 15.1. The Morgan fingerprint density at radius 3 is 1.32 bits per heavy atom. The van der Waals surface area contributed by atoms with Crippen molar-refractivity contribution in [2.75, 3.05) is 55.9 Å². The Bertz CT molecular complexity index is 2330. The number of nitrogens with one attached hydrogen (secondary N) is 4. The Labute approximate surface area is 508 Å². The van der Waals surface area contributed by atoms with Crippen molar-refractivity contribution < 1.29 is 57.8 Å². The first-order valence-electron chi connectivity index (χ1n) is 30.6. The first-order chi connectivity index (χ1) is 39.2. The number of amides is 11. The zero-order valence-corrected chi connectivity index (χ0v) is 56.1. The van der Waals surface area contributed by atoms with Gasteiger partial charge in [-0.2, -0.15) is 0 Å². The van der Waals surface area contributed by atoms with Crippen LogP contribution in [-0.4, -0.2) is 227 Å². The molecule has 1 aliphatic heterocycles. The molecule has 0 aromatic heterocycles. The molecular formula is C62H111N11O12. The second kappa shape index (κ2) is 34.9. The average Bonchev–Trinajstić information content (AvgIpc) is 3.62. The molecule has 11 amide bonds. The molecule has 1 saturated heterocycles. The van der Waals surface area contributed by atoms with E-state index in [1.807, 2.05) is 61.5 Å². The monoisotopic (exact) mass is 1200 g/mol. The van der Waals surface area contributed by atoms with E-state index in [1.54, 1.807) is 54.5 Å². The summed E-state index contributed by atoms with van der Waals surface area (Å²) in [5, 5.41) is 23.1. The predicted molar refractivity (Wildman–Crippen MR) is 328 cm³/mol. The van der Waals surface area contributed by atoms with E-state index in [4.69, 9.17) is 0 Å². The van der Waals surface area contributed by atoms with E-state index in [0.717, 1.165) is 9.80 Å². The van der Waals surface area contributed by atoms with E-state index in [2.05, 4.69) is 21.3 Å². The third-order valence-electron chi connectivity index (χ3n) is 16.1. The molecular weight excluding hydrogens is 1090 g/mol. The van der Waals surface area contributed by atoms with Crippen molar-refractivity contribution in [3.05, 3.63) is 12.2 Å². The van der Waals surface area contributed by atoms with Crippen LogP contribution in [0.25, 0.3) is 0 Å². The Balaban J connectivity index is 4.32. The van der Waals surface area contributed by atoms with Gasteiger partial charge in [-0.05, 0) is 101 Å². The molecule has 0 aromatic rings. The number of aliphatic hydroxyl groups excluding tert-OH is 1. The van der Waals surface area contributed by atoms with E-state index in [0.29, 0.717) is 6.42 Å². The van der Waals surface area contributed by atoms with E-state index in [-0.39, 0.29) is 55.8 Å². The van der Waals surface area contributed by atoms with Crippen molar-refractivity contribution in [3.63, 3.8) is 0 Å². The van der Waals surface area contributed by atoms with Crippen LogP contribution in [0, 0.1) is 41.4 Å². The minimum atomic E-state index is -1.61. The highest BCUT2D eigenvalue weighted by Gasteiger charge is 2.45. The van der Waals surface area contributed by atoms with Crippen molar-refractivity contribution in [1.82, 2.24) is 55.6 Å². The molecule has 12 atom stereocenters. The molecule has 0 aromatic carbocycles. The number of nitrogens with zero attached hydrogens (tertiary/aromatic N) is 7. The predicted octanol–water partition coefficient (Wildman–Crippen LogP) is 3.27. The highest BCUT2D eigenvalue weighted by Crippen LogP contribution is 2.26. The molecule has 23 nitrogen and oxygen atoms in total. The fourth-order valence-electron chi connectivity index (χ4n) is 10.7. The highest BCUT2D eigenvalue weighted by atomic mass is 16.3. The van der Waals surface area contributed by atoms with Crippen LogP contribution in [0.1, 0.15) is 156 Å². The lowest BCUT2D eigenvalue weighted by atomic mass is 9.91. The van der Waals surface area contributed by atoms with Crippen molar-refractivity contribution in [1.29, 1.82) is 0 Å². The van der Waals surface area contributed by atoms with Crippen molar-refractivity contribution in [2.24, 2.45) is 41.4 Å². The second-order valence-corrected chi connectivity index (χ2v) is 26.1. The van der Waals surface area contributed by atoms with Gasteiger partial charge in [0.15, 0.2) is 0 Å². The summed E-state index contributed by atoms with van der Waals surface area (Å²) < 4.78 is 0. The maximum absolute atomic E-state index is 15.1. The van der Waals surface area contributed by atoms with Gasteiger partial charge in [-0.3, -0.25) is 52.7 Å². The van der Waals surface area contributed by atoms with Crippen LogP contribution in [0.4, 0.5) is 0 Å². The minimum absolute atomic E-state index is 0.0229. The lowest BCUT2D eigenvalue weighted by Crippen LogP contribution is -2.63. The topological polar surface area (TPSA) is 279 Å². The molecule has 85 heavy (non-hydrogen) atoms. The fourth-order valence-corrected chi connectivity index (χ4v) is 10.7. The summed E-state index contributed by atoms with van der Waals surface area (Å²) in [4.78, 5) is 169. The van der Waals surface area contributed by atoms with Gasteiger partial charge >= 0.3 is 0 Å². The summed E-state index contributed by atoms with van der Waals surface area (Å²) in [6.07, 6.45) is 3.04. The molecule has 5 N–H and O–H groups in total. The molecule has 0 saturated carbocycles. The minimum Gasteiger partial charge on any atom is -0.390 e. The molecule has 1 aliphatic rings. The number of hydrogen-bond donors (Lipinski definition) is 5. The van der Waals surface area contributed by atoms with E-state index >= 15 is 9.59 Å². The molecule has 486 valence electrons. The molecule has 0 bridgehead atoms. The van der Waals surface area contributed by atoms with E-state index in [9.17, 15) is 48.3 Å². The van der Waals surface area contributed by atoms with Crippen LogP contribution >= 0.6 is 0 Å². The van der Waals surface area contributed by atoms with E-state index in [1.165, 1.54) is 87.7 Å². The van der Waals surface area contributed by atoms with Gasteiger partial charge in [0.1, 0.15) is 60.4 Å². The highest BCUT2D eigenvalue weighted by molar-refractivity contribution is 5.99. The number of rotatable bonds is 15. The van der Waals surface area contributed by atoms with Crippen LogP contribution in [0.3, 0.4) is 0 Å². The van der Waals surface area contributed by atoms with Gasteiger partial charge in [0, 0.05) is 49.3 Å². The van der Waals surface area contributed by atoms with Gasteiger partial charge in [0.25, 0.3) is 0 Å². The van der Waals surface area contributed by atoms with Crippen molar-refractivity contribution >= 4 is 65.0 Å². The Morgan fingerprint density at radius 1 is 0.459 bits per heavy atom. The maximum Gasteiger partial charge on any atom is 0.246 e. The smallest absolute Gasteiger partial charge is 0.246 e.